The minimum atomic E-state index is 1.16. The molecule has 0 saturated carbocycles. The van der Waals surface area contributed by atoms with Gasteiger partial charge in [-0.1, -0.05) is 24.3 Å². The van der Waals surface area contributed by atoms with Crippen LogP contribution in [-0.4, -0.2) is 4.98 Å². The zero-order chi connectivity index (χ0) is 7.97. The van der Waals surface area contributed by atoms with Crippen LogP contribution in [0.5, 0.6) is 0 Å². The predicted octanol–water partition coefficient (Wildman–Crippen LogP) is 2.96. The summed E-state index contributed by atoms with van der Waals surface area (Å²) in [5.74, 6) is 0. The maximum Gasteiger partial charge on any atom is 0.0458 e. The second kappa shape index (κ2) is 2.01. The van der Waals surface area contributed by atoms with Crippen molar-refractivity contribution in [1.29, 1.82) is 0 Å². The van der Waals surface area contributed by atoms with E-state index in [4.69, 9.17) is 0 Å². The Morgan fingerprint density at radius 2 is 2.00 bits per heavy atom. The highest BCUT2D eigenvalue weighted by molar-refractivity contribution is 5.87. The zero-order valence-electron chi connectivity index (χ0n) is 6.67. The molecule has 1 aromatic heterocycles. The molecular weight excluding hydrogens is 146 g/mol. The lowest BCUT2D eigenvalue weighted by Crippen LogP contribution is -1.69. The summed E-state index contributed by atoms with van der Waals surface area (Å²) in [5.41, 5.74) is 3.97. The third-order valence-corrected chi connectivity index (χ3v) is 2.28. The molecule has 0 unspecified atom stereocenters. The quantitative estimate of drug-likeness (QED) is 0.651. The fourth-order valence-corrected chi connectivity index (χ4v) is 1.52. The summed E-state index contributed by atoms with van der Waals surface area (Å²) in [4.78, 5) is 3.39. The van der Waals surface area contributed by atoms with Crippen LogP contribution in [0.15, 0.2) is 36.4 Å². The first kappa shape index (κ1) is 6.06. The Hall–Kier alpha value is -1.50. The Labute approximate surface area is 70.7 Å². The molecule has 58 valence electrons. The number of para-hydroxylation sites is 1. The summed E-state index contributed by atoms with van der Waals surface area (Å²) in [6, 6.07) is 10.6. The van der Waals surface area contributed by atoms with Crippen LogP contribution in [0.4, 0.5) is 0 Å². The molecule has 0 atom stereocenters. The number of benzene rings is 1. The van der Waals surface area contributed by atoms with E-state index in [0.29, 0.717) is 0 Å². The van der Waals surface area contributed by atoms with E-state index in [9.17, 15) is 0 Å². The normalized spacial score (nSPS) is 14.8. The highest BCUT2D eigenvalue weighted by Crippen LogP contribution is 2.31. The number of H-pyrrole nitrogens is 1. The van der Waals surface area contributed by atoms with Crippen LogP contribution in [0.25, 0.3) is 16.5 Å². The third-order valence-electron chi connectivity index (χ3n) is 2.28. The number of nitrogens with one attached hydrogen (secondary N) is 1. The van der Waals surface area contributed by atoms with Crippen molar-refractivity contribution in [2.75, 3.05) is 0 Å². The van der Waals surface area contributed by atoms with Crippen molar-refractivity contribution in [3.63, 3.8) is 0 Å². The Bertz CT molecular complexity index is 430. The van der Waals surface area contributed by atoms with Gasteiger partial charge in [-0.15, -0.1) is 0 Å². The van der Waals surface area contributed by atoms with Gasteiger partial charge in [0.15, 0.2) is 0 Å². The second-order valence-corrected chi connectivity index (χ2v) is 3.20. The molecule has 0 aliphatic heterocycles. The highest BCUT2D eigenvalue weighted by atomic mass is 14.7. The Morgan fingerprint density at radius 1 is 1.17 bits per heavy atom. The van der Waals surface area contributed by atoms with Crippen molar-refractivity contribution in [2.24, 2.45) is 0 Å². The van der Waals surface area contributed by atoms with Crippen molar-refractivity contribution >= 4 is 16.5 Å². The summed E-state index contributed by atoms with van der Waals surface area (Å²) in [5, 5.41) is 1.31. The number of fused-ring (bicyclic) bond motifs is 1. The molecular formula is C11H9N. The van der Waals surface area contributed by atoms with Crippen LogP contribution in [0.1, 0.15) is 12.1 Å². The summed E-state index contributed by atoms with van der Waals surface area (Å²) in [6.45, 7) is 0. The zero-order valence-corrected chi connectivity index (χ0v) is 6.67. The molecule has 3 rings (SSSR count). The molecule has 0 amide bonds. The third kappa shape index (κ3) is 0.797. The van der Waals surface area contributed by atoms with Crippen molar-refractivity contribution < 1.29 is 0 Å². The number of hydrogen-bond acceptors (Lipinski definition) is 0. The van der Waals surface area contributed by atoms with Gasteiger partial charge in [-0.25, -0.2) is 0 Å². The number of rotatable bonds is 1. The molecule has 1 heterocycles. The van der Waals surface area contributed by atoms with E-state index < -0.39 is 0 Å². The van der Waals surface area contributed by atoms with E-state index >= 15 is 0 Å². The fourth-order valence-electron chi connectivity index (χ4n) is 1.52. The van der Waals surface area contributed by atoms with E-state index in [0.717, 1.165) is 6.42 Å². The van der Waals surface area contributed by atoms with Crippen molar-refractivity contribution in [1.82, 2.24) is 4.98 Å². The second-order valence-electron chi connectivity index (χ2n) is 3.20. The lowest BCUT2D eigenvalue weighted by atomic mass is 10.2. The molecule has 1 nitrogen and oxygen atoms in total. The Balaban J connectivity index is 2.29. The molecule has 1 N–H and O–H groups in total. The van der Waals surface area contributed by atoms with E-state index in [-0.39, 0.29) is 0 Å². The van der Waals surface area contributed by atoms with E-state index in [1.54, 1.807) is 0 Å². The first-order valence-electron chi connectivity index (χ1n) is 4.21. The van der Waals surface area contributed by atoms with E-state index in [2.05, 4.69) is 41.4 Å². The lowest BCUT2D eigenvalue weighted by molar-refractivity contribution is 1.40. The molecule has 0 spiro atoms. The molecule has 1 heteroatoms. The standard InChI is InChI=1S/C11H9N/c1-2-4-10-9(3-1)7-11(12-10)8-5-6-8/h1-5,7,12H,6H2. The number of hydrogen-bond donors (Lipinski definition) is 1. The van der Waals surface area contributed by atoms with Gasteiger partial charge in [0.2, 0.25) is 0 Å². The Morgan fingerprint density at radius 3 is 2.75 bits per heavy atom. The van der Waals surface area contributed by atoms with Crippen LogP contribution in [0.3, 0.4) is 0 Å². The lowest BCUT2D eigenvalue weighted by Gasteiger charge is -1.84. The fraction of sp³-hybridized carbons (Fsp3) is 0.0909. The van der Waals surface area contributed by atoms with Crippen molar-refractivity contribution in [3.8, 4) is 0 Å². The summed E-state index contributed by atoms with van der Waals surface area (Å²) >= 11 is 0. The molecule has 2 aromatic rings. The maximum atomic E-state index is 3.39. The molecule has 1 aliphatic rings. The van der Waals surface area contributed by atoms with Crippen LogP contribution in [0, 0.1) is 0 Å². The van der Waals surface area contributed by atoms with Crippen LogP contribution in [0.2, 0.25) is 0 Å². The summed E-state index contributed by atoms with van der Waals surface area (Å²) < 4.78 is 0. The number of allylic oxidation sites excluding steroid dienone is 2. The molecule has 0 radical (unpaired) electrons. The first-order chi connectivity index (χ1) is 5.93. The van der Waals surface area contributed by atoms with Gasteiger partial charge in [-0.2, -0.15) is 0 Å². The minimum absolute atomic E-state index is 1.16. The molecule has 1 aromatic carbocycles. The largest absolute Gasteiger partial charge is 0.355 e. The first-order valence-corrected chi connectivity index (χ1v) is 4.21. The van der Waals surface area contributed by atoms with Gasteiger partial charge in [-0.05, 0) is 29.5 Å². The van der Waals surface area contributed by atoms with Gasteiger partial charge < -0.3 is 4.98 Å². The van der Waals surface area contributed by atoms with Crippen LogP contribution >= 0.6 is 0 Å². The van der Waals surface area contributed by atoms with E-state index in [1.807, 2.05) is 0 Å². The van der Waals surface area contributed by atoms with Gasteiger partial charge in [0.05, 0.1) is 0 Å². The Kier molecular flexibility index (Phi) is 1.01. The summed E-state index contributed by atoms with van der Waals surface area (Å²) in [6.07, 6.45) is 3.40. The average molecular weight is 155 g/mol. The van der Waals surface area contributed by atoms with Gasteiger partial charge in [0.1, 0.15) is 0 Å². The van der Waals surface area contributed by atoms with Gasteiger partial charge >= 0.3 is 0 Å². The minimum Gasteiger partial charge on any atom is -0.355 e. The highest BCUT2D eigenvalue weighted by Gasteiger charge is 2.11. The van der Waals surface area contributed by atoms with Crippen molar-refractivity contribution in [3.05, 3.63) is 42.1 Å². The molecule has 12 heavy (non-hydrogen) atoms. The van der Waals surface area contributed by atoms with Crippen LogP contribution < -0.4 is 0 Å². The average Bonchev–Trinajstić information content (AvgIpc) is 2.85. The maximum absolute atomic E-state index is 3.39. The molecule has 0 fully saturated rings. The topological polar surface area (TPSA) is 15.8 Å². The van der Waals surface area contributed by atoms with E-state index in [1.165, 1.54) is 22.2 Å². The van der Waals surface area contributed by atoms with Crippen molar-refractivity contribution in [2.45, 2.75) is 6.42 Å². The molecule has 0 saturated heterocycles. The predicted molar refractivity (Wildman–Crippen MR) is 50.9 cm³/mol. The number of aromatic amines is 1. The number of aromatic nitrogens is 1. The smallest absolute Gasteiger partial charge is 0.0458 e. The monoisotopic (exact) mass is 155 g/mol. The van der Waals surface area contributed by atoms with Crippen LogP contribution in [-0.2, 0) is 0 Å². The van der Waals surface area contributed by atoms with Gasteiger partial charge in [0, 0.05) is 11.2 Å². The summed E-state index contributed by atoms with van der Waals surface area (Å²) in [7, 11) is 0. The SMILES string of the molecule is C1=C(c2cc3ccccc3[nH]2)C1. The molecule has 0 bridgehead atoms. The van der Waals surface area contributed by atoms with Gasteiger partial charge in [0.25, 0.3) is 0 Å². The molecule has 1 aliphatic carbocycles. The van der Waals surface area contributed by atoms with Gasteiger partial charge in [-0.3, -0.25) is 0 Å².